The zero-order valence-electron chi connectivity index (χ0n) is 6.70. The second-order valence-corrected chi connectivity index (χ2v) is 2.55. The molecule has 0 aliphatic rings. The molecule has 0 amide bonds. The molecular formula is C9H8N3. The third kappa shape index (κ3) is 1.09. The number of aromatic amines is 1. The number of hydrogen-bond donors (Lipinski definition) is 1. The highest BCUT2D eigenvalue weighted by atomic mass is 15.1. The Balaban J connectivity index is 2.51. The van der Waals surface area contributed by atoms with Gasteiger partial charge in [0.2, 0.25) is 0 Å². The number of aryl methyl sites for hydroxylation is 1. The van der Waals surface area contributed by atoms with Crippen molar-refractivity contribution in [2.24, 2.45) is 0 Å². The second-order valence-electron chi connectivity index (χ2n) is 2.55. The number of rotatable bonds is 1. The van der Waals surface area contributed by atoms with E-state index in [1.807, 2.05) is 25.1 Å². The van der Waals surface area contributed by atoms with Gasteiger partial charge in [0, 0.05) is 11.9 Å². The van der Waals surface area contributed by atoms with Crippen LogP contribution in [-0.2, 0) is 0 Å². The molecule has 0 saturated carbocycles. The first kappa shape index (κ1) is 7.03. The molecule has 2 aromatic rings. The first-order valence-corrected chi connectivity index (χ1v) is 3.72. The number of pyridine rings is 1. The summed E-state index contributed by atoms with van der Waals surface area (Å²) in [6, 6.07) is 5.77. The molecule has 0 aromatic carbocycles. The minimum atomic E-state index is 0.906. The topological polar surface area (TPSA) is 41.6 Å². The van der Waals surface area contributed by atoms with E-state index in [-0.39, 0.29) is 0 Å². The average molecular weight is 158 g/mol. The minimum absolute atomic E-state index is 0.906. The molecule has 0 atom stereocenters. The maximum atomic E-state index is 4.19. The standard InChI is InChI=1S/C9H8N3/c1-7-8(6-11-12-7)9-4-2-3-5-10-9/h2-5H,1H3,(H,11,12). The van der Waals surface area contributed by atoms with E-state index in [2.05, 4.69) is 21.4 Å². The summed E-state index contributed by atoms with van der Waals surface area (Å²) in [5, 5.41) is 6.63. The van der Waals surface area contributed by atoms with Crippen molar-refractivity contribution < 1.29 is 0 Å². The molecule has 1 N–H and O–H groups in total. The summed E-state index contributed by atoms with van der Waals surface area (Å²) >= 11 is 0. The quantitative estimate of drug-likeness (QED) is 0.684. The van der Waals surface area contributed by atoms with E-state index >= 15 is 0 Å². The summed E-state index contributed by atoms with van der Waals surface area (Å²) in [7, 11) is 0. The molecular weight excluding hydrogens is 150 g/mol. The number of nitrogens with one attached hydrogen (secondary N) is 1. The van der Waals surface area contributed by atoms with Crippen LogP contribution in [0.5, 0.6) is 0 Å². The van der Waals surface area contributed by atoms with E-state index in [9.17, 15) is 0 Å². The highest BCUT2D eigenvalue weighted by molar-refractivity contribution is 5.59. The fourth-order valence-electron chi connectivity index (χ4n) is 1.07. The maximum absolute atomic E-state index is 4.19. The highest BCUT2D eigenvalue weighted by Crippen LogP contribution is 2.16. The van der Waals surface area contributed by atoms with Crippen molar-refractivity contribution in [1.82, 2.24) is 15.2 Å². The molecule has 0 bridgehead atoms. The van der Waals surface area contributed by atoms with E-state index in [1.54, 1.807) is 6.20 Å². The second kappa shape index (κ2) is 2.77. The Morgan fingerprint density at radius 1 is 1.42 bits per heavy atom. The van der Waals surface area contributed by atoms with Crippen LogP contribution in [0.1, 0.15) is 5.69 Å². The summed E-state index contributed by atoms with van der Waals surface area (Å²) in [5.74, 6) is 0. The number of hydrogen-bond acceptors (Lipinski definition) is 2. The summed E-state index contributed by atoms with van der Waals surface area (Å²) in [6.45, 7) is 1.95. The van der Waals surface area contributed by atoms with Gasteiger partial charge in [-0.2, -0.15) is 5.10 Å². The smallest absolute Gasteiger partial charge is 0.123 e. The van der Waals surface area contributed by atoms with Crippen LogP contribution in [0.2, 0.25) is 0 Å². The molecule has 2 rings (SSSR count). The van der Waals surface area contributed by atoms with Crippen LogP contribution in [-0.4, -0.2) is 15.2 Å². The molecule has 0 aliphatic carbocycles. The predicted octanol–water partition coefficient (Wildman–Crippen LogP) is 1.58. The fourth-order valence-corrected chi connectivity index (χ4v) is 1.07. The van der Waals surface area contributed by atoms with Crippen molar-refractivity contribution in [3.05, 3.63) is 36.3 Å². The van der Waals surface area contributed by atoms with Crippen molar-refractivity contribution in [3.8, 4) is 11.3 Å². The lowest BCUT2D eigenvalue weighted by Gasteiger charge is -1.94. The van der Waals surface area contributed by atoms with Crippen LogP contribution in [0.3, 0.4) is 0 Å². The lowest BCUT2D eigenvalue weighted by atomic mass is 10.2. The molecule has 3 nitrogen and oxygen atoms in total. The summed E-state index contributed by atoms with van der Waals surface area (Å²) < 4.78 is 0. The fraction of sp³-hybridized carbons (Fsp3) is 0.111. The number of H-pyrrole nitrogens is 1. The van der Waals surface area contributed by atoms with Crippen LogP contribution >= 0.6 is 0 Å². The Bertz CT molecular complexity index is 364. The van der Waals surface area contributed by atoms with Gasteiger partial charge in [0.1, 0.15) is 6.20 Å². The average Bonchev–Trinajstić information content (AvgIpc) is 2.53. The molecule has 59 valence electrons. The number of aromatic nitrogens is 3. The van der Waals surface area contributed by atoms with Gasteiger partial charge in [0.25, 0.3) is 0 Å². The normalized spacial score (nSPS) is 10.1. The van der Waals surface area contributed by atoms with E-state index in [4.69, 9.17) is 0 Å². The lowest BCUT2D eigenvalue weighted by molar-refractivity contribution is 1.04. The molecule has 1 radical (unpaired) electrons. The van der Waals surface area contributed by atoms with E-state index in [0.717, 1.165) is 17.0 Å². The molecule has 0 fully saturated rings. The SMILES string of the molecule is Cc1[nH]n[c]c1-c1ccccn1. The minimum Gasteiger partial charge on any atom is -0.281 e. The molecule has 0 spiro atoms. The summed E-state index contributed by atoms with van der Waals surface area (Å²) in [6.07, 6.45) is 4.61. The van der Waals surface area contributed by atoms with E-state index in [1.165, 1.54) is 0 Å². The Morgan fingerprint density at radius 3 is 2.92 bits per heavy atom. The third-order valence-corrected chi connectivity index (χ3v) is 1.69. The Hall–Kier alpha value is -1.64. The van der Waals surface area contributed by atoms with Gasteiger partial charge in [-0.3, -0.25) is 10.1 Å². The largest absolute Gasteiger partial charge is 0.281 e. The van der Waals surface area contributed by atoms with Gasteiger partial charge in [-0.15, -0.1) is 0 Å². The van der Waals surface area contributed by atoms with Crippen LogP contribution in [0.15, 0.2) is 24.4 Å². The summed E-state index contributed by atoms with van der Waals surface area (Å²) in [4.78, 5) is 4.19. The molecule has 2 aromatic heterocycles. The van der Waals surface area contributed by atoms with E-state index in [0.29, 0.717) is 0 Å². The van der Waals surface area contributed by atoms with Gasteiger partial charge >= 0.3 is 0 Å². The molecule has 0 unspecified atom stereocenters. The van der Waals surface area contributed by atoms with Gasteiger partial charge in [-0.1, -0.05) is 6.07 Å². The van der Waals surface area contributed by atoms with Gasteiger partial charge in [0.15, 0.2) is 0 Å². The van der Waals surface area contributed by atoms with Crippen molar-refractivity contribution in [1.29, 1.82) is 0 Å². The van der Waals surface area contributed by atoms with Gasteiger partial charge < -0.3 is 0 Å². The first-order valence-electron chi connectivity index (χ1n) is 3.72. The first-order chi connectivity index (χ1) is 5.88. The summed E-state index contributed by atoms with van der Waals surface area (Å²) in [5.41, 5.74) is 2.84. The lowest BCUT2D eigenvalue weighted by Crippen LogP contribution is -1.81. The zero-order valence-corrected chi connectivity index (χ0v) is 6.70. The Kier molecular flexibility index (Phi) is 1.63. The third-order valence-electron chi connectivity index (χ3n) is 1.69. The molecule has 3 heteroatoms. The van der Waals surface area contributed by atoms with Crippen molar-refractivity contribution in [2.45, 2.75) is 6.92 Å². The molecule has 0 aliphatic heterocycles. The predicted molar refractivity (Wildman–Crippen MR) is 45.4 cm³/mol. The van der Waals surface area contributed by atoms with Gasteiger partial charge in [-0.25, -0.2) is 0 Å². The monoisotopic (exact) mass is 158 g/mol. The molecule has 0 saturated heterocycles. The van der Waals surface area contributed by atoms with Crippen molar-refractivity contribution in [2.75, 3.05) is 0 Å². The highest BCUT2D eigenvalue weighted by Gasteiger charge is 2.03. The Labute approximate surface area is 70.5 Å². The van der Waals surface area contributed by atoms with Crippen LogP contribution in [0.25, 0.3) is 11.3 Å². The van der Waals surface area contributed by atoms with Crippen LogP contribution < -0.4 is 0 Å². The van der Waals surface area contributed by atoms with Crippen LogP contribution in [0.4, 0.5) is 0 Å². The van der Waals surface area contributed by atoms with E-state index < -0.39 is 0 Å². The molecule has 2 heterocycles. The Morgan fingerprint density at radius 2 is 2.33 bits per heavy atom. The number of nitrogens with zero attached hydrogens (tertiary/aromatic N) is 2. The maximum Gasteiger partial charge on any atom is 0.123 e. The zero-order chi connectivity index (χ0) is 8.39. The van der Waals surface area contributed by atoms with Gasteiger partial charge in [-0.05, 0) is 19.1 Å². The van der Waals surface area contributed by atoms with Crippen LogP contribution in [0, 0.1) is 13.1 Å². The van der Waals surface area contributed by atoms with Crippen molar-refractivity contribution in [3.63, 3.8) is 0 Å². The molecule has 12 heavy (non-hydrogen) atoms. The van der Waals surface area contributed by atoms with Crippen molar-refractivity contribution >= 4 is 0 Å². The van der Waals surface area contributed by atoms with Gasteiger partial charge in [0.05, 0.1) is 11.3 Å².